The lowest BCUT2D eigenvalue weighted by molar-refractivity contribution is 0.266. The van der Waals surface area contributed by atoms with E-state index >= 15 is 0 Å². The van der Waals surface area contributed by atoms with E-state index in [2.05, 4.69) is 72.1 Å². The van der Waals surface area contributed by atoms with Crippen LogP contribution in [0.15, 0.2) is 72.0 Å². The zero-order valence-corrected chi connectivity index (χ0v) is 19.5. The van der Waals surface area contributed by atoms with Crippen molar-refractivity contribution >= 4 is 5.90 Å². The van der Waals surface area contributed by atoms with Gasteiger partial charge in [-0.05, 0) is 36.3 Å². The van der Waals surface area contributed by atoms with E-state index in [1.807, 2.05) is 25.2 Å². The summed E-state index contributed by atoms with van der Waals surface area (Å²) in [5.41, 5.74) is 5.35. The summed E-state index contributed by atoms with van der Waals surface area (Å²) in [6, 6.07) is 18.8. The van der Waals surface area contributed by atoms with Crippen LogP contribution in [-0.2, 0) is 18.2 Å². The number of hydrogen-bond acceptors (Lipinski definition) is 5. The van der Waals surface area contributed by atoms with Crippen LogP contribution in [0.1, 0.15) is 45.6 Å². The molecule has 0 atom stereocenters. The summed E-state index contributed by atoms with van der Waals surface area (Å²) < 4.78 is 5.53. The second-order valence-corrected chi connectivity index (χ2v) is 8.94. The van der Waals surface area contributed by atoms with Gasteiger partial charge in [-0.3, -0.25) is 0 Å². The van der Waals surface area contributed by atoms with Crippen molar-refractivity contribution in [3.63, 3.8) is 0 Å². The van der Waals surface area contributed by atoms with Crippen LogP contribution >= 0.6 is 0 Å². The number of ether oxygens (including phenoxy) is 1. The van der Waals surface area contributed by atoms with Gasteiger partial charge in [0.2, 0.25) is 5.90 Å². The van der Waals surface area contributed by atoms with Crippen molar-refractivity contribution in [1.29, 1.82) is 0 Å². The average Bonchev–Trinajstić information content (AvgIpc) is 3.15. The molecule has 168 valence electrons. The summed E-state index contributed by atoms with van der Waals surface area (Å²) in [5, 5.41) is 12.8. The topological polar surface area (TPSA) is 78.3 Å². The summed E-state index contributed by atoms with van der Waals surface area (Å²) in [6.07, 6.45) is 3.88. The number of rotatable bonds is 9. The summed E-state index contributed by atoms with van der Waals surface area (Å²) in [5.74, 6) is 6.36. The van der Waals surface area contributed by atoms with Gasteiger partial charge in [-0.2, -0.15) is 15.0 Å². The van der Waals surface area contributed by atoms with Gasteiger partial charge in [-0.1, -0.05) is 69.0 Å². The van der Waals surface area contributed by atoms with Crippen molar-refractivity contribution in [1.82, 2.24) is 15.0 Å². The summed E-state index contributed by atoms with van der Waals surface area (Å²) in [7, 11) is 1.86. The van der Waals surface area contributed by atoms with Gasteiger partial charge >= 0.3 is 0 Å². The minimum atomic E-state index is 0.0783. The Kier molecular flexibility index (Phi) is 7.46. The van der Waals surface area contributed by atoms with Crippen molar-refractivity contribution in [2.24, 2.45) is 23.4 Å². The van der Waals surface area contributed by atoms with E-state index in [1.165, 1.54) is 5.56 Å². The summed E-state index contributed by atoms with van der Waals surface area (Å²) in [4.78, 5) is 1.64. The zero-order chi connectivity index (χ0) is 23.1. The fraction of sp³-hybridized carbons (Fsp3) is 0.346. The first-order chi connectivity index (χ1) is 15.3. The molecule has 0 spiro atoms. The van der Waals surface area contributed by atoms with E-state index in [1.54, 1.807) is 11.7 Å². The Balaban J connectivity index is 1.66. The smallest absolute Gasteiger partial charge is 0.208 e. The number of allylic oxidation sites excluding steroid dienone is 1. The number of nitrogens with two attached hydrogens (primary N) is 1. The van der Waals surface area contributed by atoms with Crippen LogP contribution in [-0.4, -0.2) is 20.9 Å². The lowest BCUT2D eigenvalue weighted by atomic mass is 9.83. The predicted octanol–water partition coefficient (Wildman–Crippen LogP) is 5.71. The molecule has 1 heterocycles. The molecule has 0 aliphatic carbocycles. The van der Waals surface area contributed by atoms with E-state index in [0.717, 1.165) is 48.2 Å². The Hall–Kier alpha value is -3.41. The molecule has 1 aromatic heterocycles. The van der Waals surface area contributed by atoms with Crippen LogP contribution < -0.4 is 5.84 Å². The molecule has 2 N–H and O–H groups in total. The molecule has 0 saturated carbocycles. The normalized spacial score (nSPS) is 12.1. The molecule has 32 heavy (non-hydrogen) atoms. The Labute approximate surface area is 190 Å². The van der Waals surface area contributed by atoms with E-state index in [-0.39, 0.29) is 5.41 Å². The molecule has 0 unspecified atom stereocenters. The number of hydrazone groups is 1. The number of aromatic nitrogens is 3. The fourth-order valence-electron chi connectivity index (χ4n) is 3.93. The van der Waals surface area contributed by atoms with E-state index < -0.39 is 0 Å². The molecule has 6 nitrogen and oxygen atoms in total. The lowest BCUT2D eigenvalue weighted by Gasteiger charge is -2.25. The molecule has 2 aromatic carbocycles. The fourth-order valence-corrected chi connectivity index (χ4v) is 3.93. The first-order valence-electron chi connectivity index (χ1n) is 10.9. The van der Waals surface area contributed by atoms with Crippen LogP contribution in [0.25, 0.3) is 22.5 Å². The summed E-state index contributed by atoms with van der Waals surface area (Å²) in [6.45, 7) is 10.2. The van der Waals surface area contributed by atoms with Gasteiger partial charge in [0, 0.05) is 31.5 Å². The summed E-state index contributed by atoms with van der Waals surface area (Å²) >= 11 is 0. The third kappa shape index (κ3) is 6.30. The van der Waals surface area contributed by atoms with Gasteiger partial charge in [0.25, 0.3) is 0 Å². The molecule has 0 radical (unpaired) electrons. The molecule has 0 bridgehead atoms. The predicted molar refractivity (Wildman–Crippen MR) is 131 cm³/mol. The second-order valence-electron chi connectivity index (χ2n) is 8.94. The second kappa shape index (κ2) is 10.3. The van der Waals surface area contributed by atoms with Gasteiger partial charge in [0.1, 0.15) is 11.4 Å². The van der Waals surface area contributed by atoms with Crippen LogP contribution in [0.2, 0.25) is 0 Å². The highest BCUT2D eigenvalue weighted by Crippen LogP contribution is 2.32. The zero-order valence-electron chi connectivity index (χ0n) is 19.5. The van der Waals surface area contributed by atoms with Gasteiger partial charge in [-0.25, -0.2) is 0 Å². The standard InChI is InChI=1S/C26H33N5O/c1-19(32-20(2)28-27)18-26(3,4)16-10-12-21-11-9-15-23(17-21)25-24(29-31(5)30-25)22-13-7-6-8-14-22/h6-9,11,13-15,17H,1,10,12,16,18,27H2,2-5H3/b28-20-. The molecule has 0 aliphatic heterocycles. The first-order valence-corrected chi connectivity index (χ1v) is 10.9. The largest absolute Gasteiger partial charge is 0.447 e. The quantitative estimate of drug-likeness (QED) is 0.155. The van der Waals surface area contributed by atoms with Crippen molar-refractivity contribution in [2.75, 3.05) is 0 Å². The molecule has 0 amide bonds. The monoisotopic (exact) mass is 431 g/mol. The van der Waals surface area contributed by atoms with Gasteiger partial charge in [0.15, 0.2) is 0 Å². The van der Waals surface area contributed by atoms with Crippen LogP contribution in [0.5, 0.6) is 0 Å². The Morgan fingerprint density at radius 3 is 2.41 bits per heavy atom. The maximum Gasteiger partial charge on any atom is 0.208 e. The van der Waals surface area contributed by atoms with E-state index in [9.17, 15) is 0 Å². The Morgan fingerprint density at radius 1 is 1.06 bits per heavy atom. The first kappa shape index (κ1) is 23.3. The average molecular weight is 432 g/mol. The molecule has 3 rings (SSSR count). The van der Waals surface area contributed by atoms with Gasteiger partial charge in [0.05, 0.1) is 5.76 Å². The maximum atomic E-state index is 5.53. The minimum Gasteiger partial charge on any atom is -0.447 e. The molecule has 3 aromatic rings. The number of hydrogen-bond donors (Lipinski definition) is 1. The van der Waals surface area contributed by atoms with Crippen molar-refractivity contribution in [3.05, 3.63) is 72.5 Å². The number of benzene rings is 2. The maximum absolute atomic E-state index is 5.53. The Bertz CT molecular complexity index is 1080. The third-order valence-electron chi connectivity index (χ3n) is 5.43. The number of aryl methyl sites for hydroxylation is 2. The van der Waals surface area contributed by atoms with Crippen LogP contribution in [0.4, 0.5) is 0 Å². The molecule has 0 aliphatic rings. The van der Waals surface area contributed by atoms with Crippen molar-refractivity contribution in [3.8, 4) is 22.5 Å². The number of nitrogens with zero attached hydrogens (tertiary/aromatic N) is 4. The van der Waals surface area contributed by atoms with Crippen LogP contribution in [0.3, 0.4) is 0 Å². The minimum absolute atomic E-state index is 0.0783. The lowest BCUT2D eigenvalue weighted by Crippen LogP contribution is -2.15. The van der Waals surface area contributed by atoms with Crippen molar-refractivity contribution < 1.29 is 4.74 Å². The third-order valence-corrected chi connectivity index (χ3v) is 5.43. The van der Waals surface area contributed by atoms with Gasteiger partial charge in [-0.15, -0.1) is 5.10 Å². The van der Waals surface area contributed by atoms with Gasteiger partial charge < -0.3 is 10.6 Å². The van der Waals surface area contributed by atoms with Crippen LogP contribution in [0, 0.1) is 5.41 Å². The highest BCUT2D eigenvalue weighted by Gasteiger charge is 2.20. The highest BCUT2D eigenvalue weighted by atomic mass is 16.5. The molecule has 6 heteroatoms. The molecular formula is C26H33N5O. The Morgan fingerprint density at radius 2 is 1.72 bits per heavy atom. The van der Waals surface area contributed by atoms with Crippen molar-refractivity contribution in [2.45, 2.75) is 46.5 Å². The molecule has 0 fully saturated rings. The molecular weight excluding hydrogens is 398 g/mol. The molecule has 0 saturated heterocycles. The van der Waals surface area contributed by atoms with E-state index in [0.29, 0.717) is 11.7 Å². The SMILES string of the molecule is C=C(CC(C)(C)CCCc1cccc(-c2nn(C)nc2-c2ccccc2)c1)O/C(C)=N\N. The highest BCUT2D eigenvalue weighted by molar-refractivity contribution is 5.77. The van der Waals surface area contributed by atoms with E-state index in [4.69, 9.17) is 10.6 Å².